The molecule has 0 aromatic carbocycles. The van der Waals surface area contributed by atoms with E-state index >= 15 is 0 Å². The minimum Gasteiger partial charge on any atom is -0.481 e. The van der Waals surface area contributed by atoms with E-state index in [2.05, 4.69) is 19.9 Å². The maximum absolute atomic E-state index is 14.3. The Balaban J connectivity index is 1.90. The second-order valence-electron chi connectivity index (χ2n) is 6.43. The largest absolute Gasteiger partial charge is 0.481 e. The number of aromatic amines is 1. The molecule has 4 aromatic rings. The molecule has 0 aliphatic carbocycles. The Morgan fingerprint density at radius 1 is 1.22 bits per heavy atom. The molecule has 4 rings (SSSR count). The van der Waals surface area contributed by atoms with Crippen LogP contribution >= 0.6 is 0 Å². The van der Waals surface area contributed by atoms with E-state index in [0.29, 0.717) is 16.6 Å². The van der Waals surface area contributed by atoms with Gasteiger partial charge in [0.15, 0.2) is 11.6 Å². The number of rotatable bonds is 4. The van der Waals surface area contributed by atoms with Crippen LogP contribution in [0.4, 0.5) is 8.78 Å². The summed E-state index contributed by atoms with van der Waals surface area (Å²) in [6, 6.07) is 0.788. The van der Waals surface area contributed by atoms with Crippen molar-refractivity contribution in [1.29, 1.82) is 0 Å². The average molecular weight is 371 g/mol. The Labute approximate surface area is 151 Å². The van der Waals surface area contributed by atoms with E-state index in [1.807, 2.05) is 0 Å². The molecular weight excluding hydrogens is 356 g/mol. The quantitative estimate of drug-likeness (QED) is 0.572. The predicted octanol–water partition coefficient (Wildman–Crippen LogP) is 3.53. The molecule has 2 N–H and O–H groups in total. The molecule has 9 heteroatoms. The summed E-state index contributed by atoms with van der Waals surface area (Å²) < 4.78 is 29.4. The lowest BCUT2D eigenvalue weighted by molar-refractivity contribution is -0.142. The van der Waals surface area contributed by atoms with Gasteiger partial charge in [-0.1, -0.05) is 0 Å². The van der Waals surface area contributed by atoms with E-state index < -0.39 is 29.6 Å². The minimum absolute atomic E-state index is 0.187. The monoisotopic (exact) mass is 371 g/mol. The topological polar surface area (TPSA) is 96.7 Å². The van der Waals surface area contributed by atoms with Gasteiger partial charge < -0.3 is 14.7 Å². The zero-order valence-electron chi connectivity index (χ0n) is 14.4. The minimum atomic E-state index is -0.989. The van der Waals surface area contributed by atoms with Crippen molar-refractivity contribution >= 4 is 28.0 Å². The number of nitrogens with zero attached hydrogens (tertiary/aromatic N) is 4. The van der Waals surface area contributed by atoms with Gasteiger partial charge in [0.05, 0.1) is 17.5 Å². The molecule has 0 spiro atoms. The summed E-state index contributed by atoms with van der Waals surface area (Å²) in [7, 11) is 0. The lowest BCUT2D eigenvalue weighted by Gasteiger charge is -2.18. The van der Waals surface area contributed by atoms with Gasteiger partial charge in [0.25, 0.3) is 0 Å². The number of hydrogen-bond donors (Lipinski definition) is 2. The van der Waals surface area contributed by atoms with Crippen LogP contribution in [-0.2, 0) is 4.79 Å². The summed E-state index contributed by atoms with van der Waals surface area (Å²) in [5.74, 6) is -2.51. The van der Waals surface area contributed by atoms with Crippen molar-refractivity contribution in [2.24, 2.45) is 5.92 Å². The first-order chi connectivity index (χ1) is 12.9. The molecule has 138 valence electrons. The van der Waals surface area contributed by atoms with Crippen LogP contribution in [0.15, 0.2) is 30.9 Å². The number of carboxylic acid groups (broad SMARTS) is 1. The van der Waals surface area contributed by atoms with Gasteiger partial charge in [-0.15, -0.1) is 0 Å². The third-order valence-electron chi connectivity index (χ3n) is 4.81. The van der Waals surface area contributed by atoms with Gasteiger partial charge in [0.1, 0.15) is 17.1 Å². The van der Waals surface area contributed by atoms with Crippen molar-refractivity contribution in [3.63, 3.8) is 0 Å². The lowest BCUT2D eigenvalue weighted by atomic mass is 10.0. The van der Waals surface area contributed by atoms with Crippen LogP contribution in [-0.4, -0.2) is 35.6 Å². The van der Waals surface area contributed by atoms with Gasteiger partial charge in [-0.25, -0.2) is 23.7 Å². The molecule has 0 radical (unpaired) electrons. The summed E-state index contributed by atoms with van der Waals surface area (Å²) in [5, 5.41) is 9.94. The number of halogens is 2. The first kappa shape index (κ1) is 17.1. The highest BCUT2D eigenvalue weighted by atomic mass is 19.1. The van der Waals surface area contributed by atoms with Crippen molar-refractivity contribution in [3.8, 4) is 11.4 Å². The van der Waals surface area contributed by atoms with Crippen molar-refractivity contribution in [1.82, 2.24) is 24.5 Å². The summed E-state index contributed by atoms with van der Waals surface area (Å²) >= 11 is 0. The molecule has 7 nitrogen and oxygen atoms in total. The number of fused-ring (bicyclic) bond motifs is 2. The molecule has 0 aliphatic rings. The number of pyridine rings is 1. The fourth-order valence-electron chi connectivity index (χ4n) is 3.04. The first-order valence-corrected chi connectivity index (χ1v) is 8.25. The summed E-state index contributed by atoms with van der Waals surface area (Å²) in [6.45, 7) is 3.23. The molecule has 0 bridgehead atoms. The number of aliphatic carboxylic acids is 1. The fourth-order valence-corrected chi connectivity index (χ4v) is 3.04. The third-order valence-corrected chi connectivity index (χ3v) is 4.81. The van der Waals surface area contributed by atoms with E-state index in [9.17, 15) is 18.7 Å². The standard InChI is InChI=1S/C18H15F2N5O2/c1-8(18(26)27)9(2)25-7-14(20)13-6-23-16(24-17(13)25)12-5-22-15-11(12)3-10(19)4-21-15/h3-9H,1-2H3,(H,21,22)(H,26,27)/t8-,9-/m1/s1. The van der Waals surface area contributed by atoms with Crippen LogP contribution in [0.3, 0.4) is 0 Å². The number of nitrogens with one attached hydrogen (secondary N) is 1. The Kier molecular flexibility index (Phi) is 3.87. The van der Waals surface area contributed by atoms with E-state index in [1.165, 1.54) is 23.0 Å². The van der Waals surface area contributed by atoms with Crippen molar-refractivity contribution in [2.45, 2.75) is 19.9 Å². The first-order valence-electron chi connectivity index (χ1n) is 8.25. The second kappa shape index (κ2) is 6.11. The Bertz CT molecular complexity index is 1180. The molecule has 0 saturated carbocycles. The number of carboxylic acids is 1. The zero-order chi connectivity index (χ0) is 19.3. The van der Waals surface area contributed by atoms with Crippen molar-refractivity contribution in [3.05, 3.63) is 42.5 Å². The van der Waals surface area contributed by atoms with Gasteiger partial charge in [-0.3, -0.25) is 4.79 Å². The highest BCUT2D eigenvalue weighted by Gasteiger charge is 2.24. The maximum atomic E-state index is 14.3. The maximum Gasteiger partial charge on any atom is 0.308 e. The third kappa shape index (κ3) is 2.71. The van der Waals surface area contributed by atoms with Crippen LogP contribution in [0, 0.1) is 17.6 Å². The highest BCUT2D eigenvalue weighted by Crippen LogP contribution is 2.30. The van der Waals surface area contributed by atoms with Gasteiger partial charge in [0.2, 0.25) is 0 Å². The van der Waals surface area contributed by atoms with E-state index in [1.54, 1.807) is 20.0 Å². The van der Waals surface area contributed by atoms with Crippen molar-refractivity contribution < 1.29 is 18.7 Å². The summed E-state index contributed by atoms with van der Waals surface area (Å²) in [5.41, 5.74) is 1.27. The normalized spacial score (nSPS) is 13.9. The molecule has 27 heavy (non-hydrogen) atoms. The van der Waals surface area contributed by atoms with Crippen LogP contribution in [0.2, 0.25) is 0 Å². The summed E-state index contributed by atoms with van der Waals surface area (Å²) in [6.07, 6.45) is 5.27. The molecule has 0 unspecified atom stereocenters. The number of aromatic nitrogens is 5. The molecule has 4 aromatic heterocycles. The molecule has 0 amide bonds. The number of carbonyl (C=O) groups is 1. The number of H-pyrrole nitrogens is 1. The fraction of sp³-hybridized carbons (Fsp3) is 0.222. The molecule has 0 aliphatic heterocycles. The second-order valence-corrected chi connectivity index (χ2v) is 6.43. The van der Waals surface area contributed by atoms with E-state index in [-0.39, 0.29) is 16.9 Å². The zero-order valence-corrected chi connectivity index (χ0v) is 14.4. The molecule has 0 saturated heterocycles. The van der Waals surface area contributed by atoms with Crippen LogP contribution in [0.25, 0.3) is 33.5 Å². The predicted molar refractivity (Wildman–Crippen MR) is 94.0 cm³/mol. The Morgan fingerprint density at radius 2 is 2.00 bits per heavy atom. The number of hydrogen-bond acceptors (Lipinski definition) is 4. The van der Waals surface area contributed by atoms with Crippen LogP contribution in [0.1, 0.15) is 19.9 Å². The SMILES string of the molecule is C[C@H]([C@@H](C)C(=O)O)n1cc(F)c2cnc(-c3c[nH]c4ncc(F)cc34)nc21. The van der Waals surface area contributed by atoms with Gasteiger partial charge >= 0.3 is 5.97 Å². The van der Waals surface area contributed by atoms with Gasteiger partial charge in [0, 0.05) is 35.6 Å². The Morgan fingerprint density at radius 3 is 2.74 bits per heavy atom. The van der Waals surface area contributed by atoms with Gasteiger partial charge in [-0.2, -0.15) is 0 Å². The van der Waals surface area contributed by atoms with Crippen molar-refractivity contribution in [2.75, 3.05) is 0 Å². The van der Waals surface area contributed by atoms with Gasteiger partial charge in [-0.05, 0) is 19.9 Å². The molecular formula is C18H15F2N5O2. The molecule has 4 heterocycles. The Hall–Kier alpha value is -3.36. The summed E-state index contributed by atoms with van der Waals surface area (Å²) in [4.78, 5) is 26.8. The van der Waals surface area contributed by atoms with Crippen LogP contribution < -0.4 is 0 Å². The van der Waals surface area contributed by atoms with E-state index in [4.69, 9.17) is 0 Å². The highest BCUT2D eigenvalue weighted by molar-refractivity contribution is 5.92. The molecule has 2 atom stereocenters. The van der Waals surface area contributed by atoms with Crippen LogP contribution in [0.5, 0.6) is 0 Å². The lowest BCUT2D eigenvalue weighted by Crippen LogP contribution is -2.21. The molecule has 0 fully saturated rings. The average Bonchev–Trinajstić information content (AvgIpc) is 3.21. The van der Waals surface area contributed by atoms with E-state index in [0.717, 1.165) is 6.20 Å². The smallest absolute Gasteiger partial charge is 0.308 e.